The van der Waals surface area contributed by atoms with Crippen LogP contribution in [0.4, 0.5) is 5.69 Å². The van der Waals surface area contributed by atoms with E-state index >= 15 is 0 Å². The number of carbonyl (C=O) groups excluding carboxylic acids is 2. The summed E-state index contributed by atoms with van der Waals surface area (Å²) in [5, 5.41) is 13.8. The Morgan fingerprint density at radius 1 is 1.23 bits per heavy atom. The first kappa shape index (κ1) is 17.6. The Balaban J connectivity index is 2.53. The molecule has 0 fully saturated rings. The summed E-state index contributed by atoms with van der Waals surface area (Å²) in [6.45, 7) is 4.15. The molecule has 1 rings (SSSR count). The average molecular weight is 308 g/mol. The number of carbonyl (C=O) groups is 3. The van der Waals surface area contributed by atoms with Gasteiger partial charge in [-0.05, 0) is 38.1 Å². The second-order valence-electron chi connectivity index (χ2n) is 4.61. The predicted molar refractivity (Wildman–Crippen MR) is 80.7 cm³/mol. The van der Waals surface area contributed by atoms with Crippen molar-refractivity contribution in [3.8, 4) is 0 Å². The van der Waals surface area contributed by atoms with Gasteiger partial charge in [-0.1, -0.05) is 0 Å². The Labute approximate surface area is 128 Å². The molecule has 0 spiro atoms. The second-order valence-corrected chi connectivity index (χ2v) is 4.61. The molecule has 120 valence electrons. The third kappa shape index (κ3) is 5.92. The van der Waals surface area contributed by atoms with Gasteiger partial charge in [0.1, 0.15) is 6.04 Å². The van der Waals surface area contributed by atoms with Gasteiger partial charge in [0.25, 0.3) is 5.91 Å². The first-order valence-electron chi connectivity index (χ1n) is 6.95. The molecule has 0 aliphatic heterocycles. The van der Waals surface area contributed by atoms with Crippen LogP contribution in [-0.4, -0.2) is 42.1 Å². The summed E-state index contributed by atoms with van der Waals surface area (Å²) in [6, 6.07) is 5.23. The molecule has 0 aliphatic rings. The molecule has 0 bridgehead atoms. The minimum absolute atomic E-state index is 0.176. The van der Waals surface area contributed by atoms with Crippen molar-refractivity contribution in [3.05, 3.63) is 29.8 Å². The van der Waals surface area contributed by atoms with Crippen LogP contribution in [0.1, 0.15) is 30.6 Å². The van der Waals surface area contributed by atoms with Gasteiger partial charge in [-0.3, -0.25) is 14.4 Å². The zero-order chi connectivity index (χ0) is 16.5. The Morgan fingerprint density at radius 2 is 1.86 bits per heavy atom. The fourth-order valence-electron chi connectivity index (χ4n) is 1.58. The zero-order valence-corrected chi connectivity index (χ0v) is 12.6. The molecule has 0 saturated carbocycles. The minimum Gasteiger partial charge on any atom is -0.480 e. The number of anilines is 1. The molecular formula is C15H20N2O5. The largest absolute Gasteiger partial charge is 0.480 e. The number of hydrogen-bond acceptors (Lipinski definition) is 4. The maximum atomic E-state index is 11.8. The zero-order valence-electron chi connectivity index (χ0n) is 12.6. The molecule has 0 saturated heterocycles. The summed E-state index contributed by atoms with van der Waals surface area (Å²) < 4.78 is 5.09. The summed E-state index contributed by atoms with van der Waals surface area (Å²) in [4.78, 5) is 34.1. The lowest BCUT2D eigenvalue weighted by atomic mass is 10.2. The van der Waals surface area contributed by atoms with Crippen LogP contribution in [0.2, 0.25) is 0 Å². The highest BCUT2D eigenvalue weighted by Gasteiger charge is 2.15. The van der Waals surface area contributed by atoms with Crippen LogP contribution in [0.25, 0.3) is 0 Å². The standard InChI is InChI=1S/C15H20N2O5/c1-3-22-9-8-13(18)17-12-6-4-11(5-7-12)14(19)16-10(2)15(20)21/h4-7,10H,3,8-9H2,1-2H3,(H,16,19)(H,17,18)(H,20,21). The van der Waals surface area contributed by atoms with E-state index in [1.54, 1.807) is 12.1 Å². The molecular weight excluding hydrogens is 288 g/mol. The van der Waals surface area contributed by atoms with Crippen LogP contribution in [0.5, 0.6) is 0 Å². The van der Waals surface area contributed by atoms with Crippen LogP contribution in [0, 0.1) is 0 Å². The smallest absolute Gasteiger partial charge is 0.325 e. The van der Waals surface area contributed by atoms with Gasteiger partial charge in [-0.15, -0.1) is 0 Å². The number of aliphatic carboxylic acids is 1. The molecule has 1 unspecified atom stereocenters. The first-order chi connectivity index (χ1) is 10.4. The molecule has 0 aromatic heterocycles. The van der Waals surface area contributed by atoms with Gasteiger partial charge in [-0.2, -0.15) is 0 Å². The third-order valence-electron chi connectivity index (χ3n) is 2.83. The minimum atomic E-state index is -1.11. The molecule has 7 heteroatoms. The van der Waals surface area contributed by atoms with Crippen molar-refractivity contribution in [3.63, 3.8) is 0 Å². The van der Waals surface area contributed by atoms with E-state index < -0.39 is 17.9 Å². The van der Waals surface area contributed by atoms with E-state index in [0.29, 0.717) is 24.5 Å². The van der Waals surface area contributed by atoms with E-state index in [1.807, 2.05) is 6.92 Å². The van der Waals surface area contributed by atoms with E-state index in [4.69, 9.17) is 9.84 Å². The van der Waals surface area contributed by atoms with Crippen LogP contribution >= 0.6 is 0 Å². The monoisotopic (exact) mass is 308 g/mol. The van der Waals surface area contributed by atoms with E-state index in [0.717, 1.165) is 0 Å². The van der Waals surface area contributed by atoms with Crippen LogP contribution in [-0.2, 0) is 14.3 Å². The van der Waals surface area contributed by atoms with Crippen molar-refractivity contribution in [1.29, 1.82) is 0 Å². The SMILES string of the molecule is CCOCCC(=O)Nc1ccc(C(=O)NC(C)C(=O)O)cc1. The van der Waals surface area contributed by atoms with E-state index in [-0.39, 0.29) is 12.3 Å². The van der Waals surface area contributed by atoms with Gasteiger partial charge in [0.2, 0.25) is 5.91 Å². The number of benzene rings is 1. The Morgan fingerprint density at radius 3 is 2.41 bits per heavy atom. The predicted octanol–water partition coefficient (Wildman–Crippen LogP) is 1.25. The lowest BCUT2D eigenvalue weighted by Gasteiger charge is -2.10. The van der Waals surface area contributed by atoms with E-state index in [1.165, 1.54) is 19.1 Å². The molecule has 1 atom stereocenters. The van der Waals surface area contributed by atoms with Crippen molar-refractivity contribution in [1.82, 2.24) is 5.32 Å². The topological polar surface area (TPSA) is 105 Å². The van der Waals surface area contributed by atoms with Crippen LogP contribution in [0.3, 0.4) is 0 Å². The summed E-state index contributed by atoms with van der Waals surface area (Å²) in [7, 11) is 0. The number of rotatable bonds is 8. The number of nitrogens with one attached hydrogen (secondary N) is 2. The van der Waals surface area contributed by atoms with Gasteiger partial charge in [0.15, 0.2) is 0 Å². The maximum Gasteiger partial charge on any atom is 0.325 e. The highest BCUT2D eigenvalue weighted by atomic mass is 16.5. The summed E-state index contributed by atoms with van der Waals surface area (Å²) in [6.07, 6.45) is 0.256. The average Bonchev–Trinajstić information content (AvgIpc) is 2.48. The number of ether oxygens (including phenoxy) is 1. The van der Waals surface area contributed by atoms with Crippen LogP contribution < -0.4 is 10.6 Å². The molecule has 0 radical (unpaired) electrons. The number of carboxylic acid groups (broad SMARTS) is 1. The highest BCUT2D eigenvalue weighted by Crippen LogP contribution is 2.10. The molecule has 1 aromatic carbocycles. The maximum absolute atomic E-state index is 11.8. The lowest BCUT2D eigenvalue weighted by Crippen LogP contribution is -2.38. The molecule has 22 heavy (non-hydrogen) atoms. The number of amides is 2. The van der Waals surface area contributed by atoms with Crippen molar-refractivity contribution < 1.29 is 24.2 Å². The summed E-state index contributed by atoms with van der Waals surface area (Å²) in [5.41, 5.74) is 0.879. The Kier molecular flexibility index (Phi) is 7.04. The van der Waals surface area contributed by atoms with E-state index in [9.17, 15) is 14.4 Å². The number of carboxylic acids is 1. The second kappa shape index (κ2) is 8.78. The normalized spacial score (nSPS) is 11.5. The van der Waals surface area contributed by atoms with Crippen molar-refractivity contribution in [2.75, 3.05) is 18.5 Å². The van der Waals surface area contributed by atoms with Crippen LogP contribution in [0.15, 0.2) is 24.3 Å². The quantitative estimate of drug-likeness (QED) is 0.627. The fourth-order valence-corrected chi connectivity index (χ4v) is 1.58. The third-order valence-corrected chi connectivity index (χ3v) is 2.83. The highest BCUT2D eigenvalue weighted by molar-refractivity contribution is 5.97. The Bertz CT molecular complexity index is 527. The fraction of sp³-hybridized carbons (Fsp3) is 0.400. The first-order valence-corrected chi connectivity index (χ1v) is 6.95. The Hall–Kier alpha value is -2.41. The lowest BCUT2D eigenvalue weighted by molar-refractivity contribution is -0.138. The molecule has 2 amide bonds. The van der Waals surface area contributed by atoms with Crippen molar-refractivity contribution in [2.24, 2.45) is 0 Å². The van der Waals surface area contributed by atoms with Gasteiger partial charge in [0, 0.05) is 17.9 Å². The van der Waals surface area contributed by atoms with Crippen molar-refractivity contribution >= 4 is 23.5 Å². The summed E-state index contributed by atoms with van der Waals surface area (Å²) in [5.74, 6) is -1.76. The molecule has 7 nitrogen and oxygen atoms in total. The number of hydrogen-bond donors (Lipinski definition) is 3. The van der Waals surface area contributed by atoms with E-state index in [2.05, 4.69) is 10.6 Å². The summed E-state index contributed by atoms with van der Waals surface area (Å²) >= 11 is 0. The van der Waals surface area contributed by atoms with Gasteiger partial charge >= 0.3 is 5.97 Å². The molecule has 0 aliphatic carbocycles. The molecule has 0 heterocycles. The van der Waals surface area contributed by atoms with Gasteiger partial charge < -0.3 is 20.5 Å². The molecule has 1 aromatic rings. The molecule has 3 N–H and O–H groups in total. The van der Waals surface area contributed by atoms with Gasteiger partial charge in [-0.25, -0.2) is 0 Å². The van der Waals surface area contributed by atoms with Crippen molar-refractivity contribution in [2.45, 2.75) is 26.3 Å². The van der Waals surface area contributed by atoms with Gasteiger partial charge in [0.05, 0.1) is 13.0 Å².